The van der Waals surface area contributed by atoms with Gasteiger partial charge >= 0.3 is 12.1 Å². The summed E-state index contributed by atoms with van der Waals surface area (Å²) in [5.41, 5.74) is 0. The second kappa shape index (κ2) is 4.17. The van der Waals surface area contributed by atoms with Crippen LogP contribution in [-0.2, 0) is 9.47 Å². The molecule has 0 aromatic carbocycles. The van der Waals surface area contributed by atoms with E-state index in [2.05, 4.69) is 9.47 Å². The maximum Gasteiger partial charge on any atom is 0.425 e. The highest BCUT2D eigenvalue weighted by Gasteiger charge is 2.56. The first-order valence-corrected chi connectivity index (χ1v) is 4.01. The molecule has 15 heavy (non-hydrogen) atoms. The molecule has 0 saturated carbocycles. The number of hydrogen-bond donors (Lipinski definition) is 0. The van der Waals surface area contributed by atoms with E-state index in [9.17, 15) is 26.3 Å². The van der Waals surface area contributed by atoms with E-state index in [0.717, 1.165) is 0 Å². The van der Waals surface area contributed by atoms with E-state index in [4.69, 9.17) is 0 Å². The summed E-state index contributed by atoms with van der Waals surface area (Å²) in [5.74, 6) is -4.56. The van der Waals surface area contributed by atoms with Crippen LogP contribution in [0.3, 0.4) is 0 Å². The van der Waals surface area contributed by atoms with Crippen molar-refractivity contribution in [2.24, 2.45) is 0 Å². The molecule has 1 rings (SSSR count). The van der Waals surface area contributed by atoms with Crippen molar-refractivity contribution in [2.75, 3.05) is 19.8 Å². The van der Waals surface area contributed by atoms with Crippen molar-refractivity contribution in [1.29, 1.82) is 0 Å². The Balaban J connectivity index is 2.34. The van der Waals surface area contributed by atoms with Crippen molar-refractivity contribution in [1.82, 2.24) is 0 Å². The minimum Gasteiger partial charge on any atom is -0.372 e. The summed E-state index contributed by atoms with van der Waals surface area (Å²) in [6, 6.07) is 0. The van der Waals surface area contributed by atoms with Crippen LogP contribution in [0.2, 0.25) is 0 Å². The molecule has 2 atom stereocenters. The van der Waals surface area contributed by atoms with Crippen molar-refractivity contribution in [2.45, 2.75) is 24.4 Å². The highest BCUT2D eigenvalue weighted by Crippen LogP contribution is 2.35. The van der Waals surface area contributed by atoms with Gasteiger partial charge in [-0.3, -0.25) is 0 Å². The zero-order chi connectivity index (χ0) is 11.7. The maximum absolute atomic E-state index is 12.5. The van der Waals surface area contributed by atoms with Gasteiger partial charge in [-0.2, -0.15) is 13.2 Å². The fourth-order valence-electron chi connectivity index (χ4n) is 0.803. The molecule has 0 N–H and O–H groups in total. The van der Waals surface area contributed by atoms with Crippen molar-refractivity contribution in [3.63, 3.8) is 0 Å². The molecule has 0 aromatic rings. The van der Waals surface area contributed by atoms with Crippen LogP contribution in [0.4, 0.5) is 26.3 Å². The van der Waals surface area contributed by atoms with Gasteiger partial charge in [0.1, 0.15) is 12.7 Å². The summed E-state index contributed by atoms with van der Waals surface area (Å²) in [7, 11) is 0. The van der Waals surface area contributed by atoms with Gasteiger partial charge in [-0.25, -0.2) is 13.2 Å². The average Bonchev–Trinajstić information content (AvgIpc) is 2.85. The fraction of sp³-hybridized carbons (Fsp3) is 1.00. The Labute approximate surface area is 81.1 Å². The van der Waals surface area contributed by atoms with Gasteiger partial charge in [-0.05, 0) is 0 Å². The molecule has 0 unspecified atom stereocenters. The minimum absolute atomic E-state index is 0.250. The van der Waals surface area contributed by atoms with Gasteiger partial charge in [0.2, 0.25) is 0 Å². The van der Waals surface area contributed by atoms with E-state index in [-0.39, 0.29) is 12.7 Å². The fourth-order valence-corrected chi connectivity index (χ4v) is 0.803. The lowest BCUT2D eigenvalue weighted by molar-refractivity contribution is -0.255. The molecule has 90 valence electrons. The van der Waals surface area contributed by atoms with Gasteiger partial charge in [0.05, 0.1) is 13.2 Å². The van der Waals surface area contributed by atoms with E-state index in [1.807, 2.05) is 0 Å². The van der Waals surface area contributed by atoms with Crippen LogP contribution in [0.5, 0.6) is 0 Å². The van der Waals surface area contributed by atoms with E-state index in [1.165, 1.54) is 0 Å². The van der Waals surface area contributed by atoms with E-state index < -0.39 is 24.9 Å². The lowest BCUT2D eigenvalue weighted by atomic mass is 10.2. The zero-order valence-electron chi connectivity index (χ0n) is 7.36. The van der Waals surface area contributed by atoms with Gasteiger partial charge < -0.3 is 9.47 Å². The van der Waals surface area contributed by atoms with Crippen molar-refractivity contribution in [3.05, 3.63) is 0 Å². The summed E-state index contributed by atoms with van der Waals surface area (Å²) in [6.45, 7) is -1.53. The number of rotatable bonds is 5. The number of halogens is 6. The molecule has 1 aliphatic rings. The molecular weight excluding hydrogens is 230 g/mol. The quantitative estimate of drug-likeness (QED) is 0.539. The SMILES string of the molecule is F[C@H](C(F)(F)F)C(F)(F)COC[C@H]1CO1. The predicted octanol–water partition coefficient (Wildman–Crippen LogP) is 1.94. The number of epoxide rings is 1. The number of alkyl halides is 6. The maximum atomic E-state index is 12.5. The lowest BCUT2D eigenvalue weighted by Gasteiger charge is -2.22. The van der Waals surface area contributed by atoms with Crippen molar-refractivity contribution < 1.29 is 35.8 Å². The number of hydrogen-bond acceptors (Lipinski definition) is 2. The molecule has 0 aromatic heterocycles. The molecule has 1 aliphatic heterocycles. The first-order chi connectivity index (χ1) is 6.73. The Hall–Kier alpha value is -0.500. The summed E-state index contributed by atoms with van der Waals surface area (Å²) in [6.07, 6.45) is -10.1. The monoisotopic (exact) mass is 238 g/mol. The second-order valence-electron chi connectivity index (χ2n) is 3.14. The van der Waals surface area contributed by atoms with Crippen LogP contribution in [0.1, 0.15) is 0 Å². The van der Waals surface area contributed by atoms with Crippen LogP contribution in [0.15, 0.2) is 0 Å². The van der Waals surface area contributed by atoms with Gasteiger partial charge in [-0.1, -0.05) is 0 Å². The molecule has 0 amide bonds. The molecule has 0 spiro atoms. The minimum atomic E-state index is -5.58. The van der Waals surface area contributed by atoms with E-state index in [0.29, 0.717) is 6.61 Å². The molecule has 1 fully saturated rings. The Bertz CT molecular complexity index is 212. The van der Waals surface area contributed by atoms with Gasteiger partial charge in [0, 0.05) is 0 Å². The summed E-state index contributed by atoms with van der Waals surface area (Å²) in [5, 5.41) is 0. The van der Waals surface area contributed by atoms with E-state index in [1.54, 1.807) is 0 Å². The standard InChI is InChI=1S/C7H8F6O2/c8-5(7(11,12)13)6(9,10)3-14-1-4-2-15-4/h4-5H,1-3H2/t4-,5-/m0/s1. The molecule has 0 radical (unpaired) electrons. The van der Waals surface area contributed by atoms with Crippen LogP contribution >= 0.6 is 0 Å². The second-order valence-corrected chi connectivity index (χ2v) is 3.14. The summed E-state index contributed by atoms with van der Waals surface area (Å²) in [4.78, 5) is 0. The molecule has 2 nitrogen and oxygen atoms in total. The van der Waals surface area contributed by atoms with Crippen LogP contribution in [0.25, 0.3) is 0 Å². The lowest BCUT2D eigenvalue weighted by Crippen LogP contribution is -2.44. The molecule has 0 aliphatic carbocycles. The third-order valence-corrected chi connectivity index (χ3v) is 1.66. The largest absolute Gasteiger partial charge is 0.425 e. The first kappa shape index (κ1) is 12.6. The molecule has 0 bridgehead atoms. The summed E-state index contributed by atoms with van der Waals surface area (Å²) < 4.78 is 80.9. The Morgan fingerprint density at radius 1 is 1.27 bits per heavy atom. The van der Waals surface area contributed by atoms with Crippen LogP contribution < -0.4 is 0 Å². The Morgan fingerprint density at radius 3 is 2.20 bits per heavy atom. The molecule has 1 heterocycles. The third kappa shape index (κ3) is 3.86. The molecular formula is C7H8F6O2. The Morgan fingerprint density at radius 2 is 1.80 bits per heavy atom. The summed E-state index contributed by atoms with van der Waals surface area (Å²) >= 11 is 0. The van der Waals surface area contributed by atoms with Gasteiger partial charge in [0.15, 0.2) is 0 Å². The van der Waals surface area contributed by atoms with E-state index >= 15 is 0 Å². The number of ether oxygens (including phenoxy) is 2. The predicted molar refractivity (Wildman–Crippen MR) is 36.5 cm³/mol. The van der Waals surface area contributed by atoms with Gasteiger partial charge in [0.25, 0.3) is 6.17 Å². The Kier molecular flexibility index (Phi) is 3.49. The molecule has 1 saturated heterocycles. The smallest absolute Gasteiger partial charge is 0.372 e. The van der Waals surface area contributed by atoms with Gasteiger partial charge in [-0.15, -0.1) is 0 Å². The normalized spacial score (nSPS) is 24.0. The highest BCUT2D eigenvalue weighted by atomic mass is 19.4. The van der Waals surface area contributed by atoms with Crippen LogP contribution in [0, 0.1) is 0 Å². The van der Waals surface area contributed by atoms with Crippen molar-refractivity contribution >= 4 is 0 Å². The third-order valence-electron chi connectivity index (χ3n) is 1.66. The first-order valence-electron chi connectivity index (χ1n) is 4.01. The van der Waals surface area contributed by atoms with Crippen molar-refractivity contribution in [3.8, 4) is 0 Å². The molecule has 8 heteroatoms. The highest BCUT2D eigenvalue weighted by molar-refractivity contribution is 4.83. The topological polar surface area (TPSA) is 21.8 Å². The van der Waals surface area contributed by atoms with Crippen LogP contribution in [-0.4, -0.2) is 44.2 Å². The zero-order valence-corrected chi connectivity index (χ0v) is 7.36. The average molecular weight is 238 g/mol.